The number of phenolic OH excluding ortho intramolecular Hbond substituents is 1. The number of rotatable bonds is 5. The van der Waals surface area contributed by atoms with E-state index in [1.54, 1.807) is 18.2 Å². The minimum atomic E-state index is 0.193. The Morgan fingerprint density at radius 2 is 2.29 bits per heavy atom. The number of nitrogens with one attached hydrogen (secondary N) is 1. The minimum Gasteiger partial charge on any atom is -0.508 e. The summed E-state index contributed by atoms with van der Waals surface area (Å²) in [6, 6.07) is 6.78. The van der Waals surface area contributed by atoms with Gasteiger partial charge in [0.25, 0.3) is 0 Å². The van der Waals surface area contributed by atoms with Gasteiger partial charge in [0.1, 0.15) is 5.75 Å². The SMILES string of the molecule is CCCNCc1nc(-c2cccc(O)c2)no1. The number of aromatic nitrogens is 2. The average molecular weight is 233 g/mol. The summed E-state index contributed by atoms with van der Waals surface area (Å²) in [6.45, 7) is 3.59. The van der Waals surface area contributed by atoms with Crippen molar-refractivity contribution in [3.63, 3.8) is 0 Å². The van der Waals surface area contributed by atoms with Crippen molar-refractivity contribution in [1.82, 2.24) is 15.5 Å². The molecule has 0 fully saturated rings. The molecule has 17 heavy (non-hydrogen) atoms. The molecule has 2 N–H and O–H groups in total. The average Bonchev–Trinajstić information content (AvgIpc) is 2.78. The van der Waals surface area contributed by atoms with E-state index in [0.29, 0.717) is 18.3 Å². The summed E-state index contributed by atoms with van der Waals surface area (Å²) in [7, 11) is 0. The molecule has 1 heterocycles. The van der Waals surface area contributed by atoms with Gasteiger partial charge in [0.15, 0.2) is 0 Å². The fourth-order valence-electron chi connectivity index (χ4n) is 1.46. The zero-order chi connectivity index (χ0) is 12.1. The van der Waals surface area contributed by atoms with Crippen LogP contribution in [0.2, 0.25) is 0 Å². The maximum absolute atomic E-state index is 9.36. The first-order valence-electron chi connectivity index (χ1n) is 5.62. The van der Waals surface area contributed by atoms with Crippen molar-refractivity contribution in [3.05, 3.63) is 30.2 Å². The molecule has 5 nitrogen and oxygen atoms in total. The molecule has 0 amide bonds. The fourth-order valence-corrected chi connectivity index (χ4v) is 1.46. The van der Waals surface area contributed by atoms with Gasteiger partial charge in [-0.25, -0.2) is 0 Å². The van der Waals surface area contributed by atoms with Crippen LogP contribution in [0.4, 0.5) is 0 Å². The van der Waals surface area contributed by atoms with Gasteiger partial charge in [0.2, 0.25) is 11.7 Å². The molecule has 0 spiro atoms. The summed E-state index contributed by atoms with van der Waals surface area (Å²) >= 11 is 0. The van der Waals surface area contributed by atoms with Crippen molar-refractivity contribution < 1.29 is 9.63 Å². The normalized spacial score (nSPS) is 10.6. The largest absolute Gasteiger partial charge is 0.508 e. The van der Waals surface area contributed by atoms with Crippen LogP contribution in [0.3, 0.4) is 0 Å². The molecule has 1 aromatic heterocycles. The molecule has 0 aliphatic heterocycles. The van der Waals surface area contributed by atoms with E-state index in [0.717, 1.165) is 18.5 Å². The molecule has 1 aromatic carbocycles. The molecule has 0 atom stereocenters. The Labute approximate surface area is 99.5 Å². The van der Waals surface area contributed by atoms with Crippen LogP contribution in [0.5, 0.6) is 5.75 Å². The Morgan fingerprint density at radius 3 is 3.06 bits per heavy atom. The molecule has 5 heteroatoms. The number of hydrogen-bond acceptors (Lipinski definition) is 5. The smallest absolute Gasteiger partial charge is 0.240 e. The monoisotopic (exact) mass is 233 g/mol. The second-order valence-electron chi connectivity index (χ2n) is 3.74. The lowest BCUT2D eigenvalue weighted by Crippen LogP contribution is -2.13. The number of nitrogens with zero attached hydrogens (tertiary/aromatic N) is 2. The highest BCUT2D eigenvalue weighted by Crippen LogP contribution is 2.20. The summed E-state index contributed by atoms with van der Waals surface area (Å²) in [5.74, 6) is 1.24. The van der Waals surface area contributed by atoms with E-state index in [9.17, 15) is 5.11 Å². The van der Waals surface area contributed by atoms with Crippen LogP contribution >= 0.6 is 0 Å². The second kappa shape index (κ2) is 5.45. The van der Waals surface area contributed by atoms with Crippen LogP contribution in [0, 0.1) is 0 Å². The Hall–Kier alpha value is -1.88. The molecule has 0 aliphatic carbocycles. The van der Waals surface area contributed by atoms with Gasteiger partial charge in [-0.15, -0.1) is 0 Å². The Kier molecular flexibility index (Phi) is 3.72. The highest BCUT2D eigenvalue weighted by Gasteiger charge is 2.08. The summed E-state index contributed by atoms with van der Waals surface area (Å²) in [6.07, 6.45) is 1.06. The van der Waals surface area contributed by atoms with Crippen molar-refractivity contribution in [2.24, 2.45) is 0 Å². The molecule has 2 rings (SSSR count). The first-order valence-corrected chi connectivity index (χ1v) is 5.62. The number of benzene rings is 1. The molecule has 0 unspecified atom stereocenters. The summed E-state index contributed by atoms with van der Waals surface area (Å²) in [5, 5.41) is 16.4. The predicted molar refractivity (Wildman–Crippen MR) is 63.4 cm³/mol. The second-order valence-corrected chi connectivity index (χ2v) is 3.74. The van der Waals surface area contributed by atoms with E-state index >= 15 is 0 Å². The molecule has 2 aromatic rings. The van der Waals surface area contributed by atoms with Crippen LogP contribution in [0.1, 0.15) is 19.2 Å². The molecule has 0 bridgehead atoms. The third kappa shape index (κ3) is 3.04. The summed E-state index contributed by atoms with van der Waals surface area (Å²) in [4.78, 5) is 4.24. The Morgan fingerprint density at radius 1 is 1.41 bits per heavy atom. The summed E-state index contributed by atoms with van der Waals surface area (Å²) in [5.41, 5.74) is 0.746. The lowest BCUT2D eigenvalue weighted by atomic mass is 10.2. The molecule has 0 aliphatic rings. The van der Waals surface area contributed by atoms with Crippen LogP contribution < -0.4 is 5.32 Å². The van der Waals surface area contributed by atoms with Crippen molar-refractivity contribution in [1.29, 1.82) is 0 Å². The highest BCUT2D eigenvalue weighted by atomic mass is 16.5. The first-order chi connectivity index (χ1) is 8.29. The van der Waals surface area contributed by atoms with Gasteiger partial charge in [-0.2, -0.15) is 4.98 Å². The van der Waals surface area contributed by atoms with Gasteiger partial charge in [-0.05, 0) is 25.1 Å². The van der Waals surface area contributed by atoms with Crippen molar-refractivity contribution in [2.75, 3.05) is 6.54 Å². The molecule has 90 valence electrons. The molecular weight excluding hydrogens is 218 g/mol. The van der Waals surface area contributed by atoms with Crippen LogP contribution in [0.25, 0.3) is 11.4 Å². The van der Waals surface area contributed by atoms with Gasteiger partial charge in [0, 0.05) is 5.56 Å². The van der Waals surface area contributed by atoms with Crippen molar-refractivity contribution in [3.8, 4) is 17.1 Å². The maximum atomic E-state index is 9.36. The highest BCUT2D eigenvalue weighted by molar-refractivity contribution is 5.56. The zero-order valence-corrected chi connectivity index (χ0v) is 9.68. The first kappa shape index (κ1) is 11.6. The van der Waals surface area contributed by atoms with Gasteiger partial charge in [-0.1, -0.05) is 24.2 Å². The van der Waals surface area contributed by atoms with Gasteiger partial charge in [0.05, 0.1) is 6.54 Å². The van der Waals surface area contributed by atoms with Crippen LogP contribution in [-0.2, 0) is 6.54 Å². The van der Waals surface area contributed by atoms with Crippen molar-refractivity contribution in [2.45, 2.75) is 19.9 Å². The number of hydrogen-bond donors (Lipinski definition) is 2. The fraction of sp³-hybridized carbons (Fsp3) is 0.333. The van der Waals surface area contributed by atoms with Gasteiger partial charge in [-0.3, -0.25) is 0 Å². The Bertz CT molecular complexity index is 482. The lowest BCUT2D eigenvalue weighted by molar-refractivity contribution is 0.368. The lowest BCUT2D eigenvalue weighted by Gasteiger charge is -1.96. The van der Waals surface area contributed by atoms with Gasteiger partial charge < -0.3 is 14.9 Å². The summed E-state index contributed by atoms with van der Waals surface area (Å²) < 4.78 is 5.10. The predicted octanol–water partition coefficient (Wildman–Crippen LogP) is 1.94. The minimum absolute atomic E-state index is 0.193. The van der Waals surface area contributed by atoms with E-state index in [1.165, 1.54) is 0 Å². The van der Waals surface area contributed by atoms with Crippen LogP contribution in [0.15, 0.2) is 28.8 Å². The van der Waals surface area contributed by atoms with Gasteiger partial charge >= 0.3 is 0 Å². The quantitative estimate of drug-likeness (QED) is 0.772. The molecule has 0 saturated heterocycles. The maximum Gasteiger partial charge on any atom is 0.240 e. The standard InChI is InChI=1S/C12H15N3O2/c1-2-6-13-8-11-14-12(15-17-11)9-4-3-5-10(16)7-9/h3-5,7,13,16H,2,6,8H2,1H3. The van der Waals surface area contributed by atoms with Crippen molar-refractivity contribution >= 4 is 0 Å². The third-order valence-electron chi connectivity index (χ3n) is 2.28. The van der Waals surface area contributed by atoms with E-state index in [1.807, 2.05) is 6.07 Å². The number of phenols is 1. The molecule has 0 saturated carbocycles. The van der Waals surface area contributed by atoms with E-state index in [2.05, 4.69) is 22.4 Å². The molecular formula is C12H15N3O2. The topological polar surface area (TPSA) is 71.2 Å². The van der Waals surface area contributed by atoms with E-state index in [4.69, 9.17) is 4.52 Å². The molecule has 0 radical (unpaired) electrons. The van der Waals surface area contributed by atoms with E-state index < -0.39 is 0 Å². The van der Waals surface area contributed by atoms with E-state index in [-0.39, 0.29) is 5.75 Å². The third-order valence-corrected chi connectivity index (χ3v) is 2.28. The Balaban J connectivity index is 2.07. The van der Waals surface area contributed by atoms with Crippen LogP contribution in [-0.4, -0.2) is 21.8 Å². The number of aromatic hydroxyl groups is 1. The zero-order valence-electron chi connectivity index (χ0n) is 9.68.